The predicted octanol–water partition coefficient (Wildman–Crippen LogP) is 4.16. The van der Waals surface area contributed by atoms with Crippen molar-refractivity contribution in [2.24, 2.45) is 0 Å². The van der Waals surface area contributed by atoms with Crippen molar-refractivity contribution in [3.05, 3.63) is 53.8 Å². The molecule has 1 saturated heterocycles. The Morgan fingerprint density at radius 1 is 1.26 bits per heavy atom. The van der Waals surface area contributed by atoms with Gasteiger partial charge in [-0.1, -0.05) is 17.3 Å². The van der Waals surface area contributed by atoms with Crippen molar-refractivity contribution in [2.45, 2.75) is 13.0 Å². The third kappa shape index (κ3) is 4.62. The molecule has 1 N–H and O–H groups in total. The highest BCUT2D eigenvalue weighted by molar-refractivity contribution is 5.95. The minimum Gasteiger partial charge on any atom is -0.488 e. The summed E-state index contributed by atoms with van der Waals surface area (Å²) in [5.74, 6) is -0.0280. The van der Waals surface area contributed by atoms with Crippen LogP contribution in [0.3, 0.4) is 0 Å². The predicted molar refractivity (Wildman–Crippen MR) is 128 cm³/mol. The molecule has 1 amide bonds. The Morgan fingerprint density at radius 2 is 2.09 bits per heavy atom. The van der Waals surface area contributed by atoms with E-state index in [-0.39, 0.29) is 25.7 Å². The van der Waals surface area contributed by atoms with E-state index in [1.165, 1.54) is 6.07 Å². The highest BCUT2D eigenvalue weighted by Crippen LogP contribution is 2.33. The van der Waals surface area contributed by atoms with Crippen molar-refractivity contribution in [1.82, 2.24) is 20.3 Å². The van der Waals surface area contributed by atoms with Crippen molar-refractivity contribution in [3.63, 3.8) is 0 Å². The van der Waals surface area contributed by atoms with E-state index in [0.29, 0.717) is 60.0 Å². The Labute approximate surface area is 202 Å². The van der Waals surface area contributed by atoms with Crippen molar-refractivity contribution in [1.29, 1.82) is 0 Å². The Hall–Kier alpha value is -3.76. The molecule has 4 aromatic rings. The fourth-order valence-electron chi connectivity index (χ4n) is 4.05. The molecular formula is C25H27FN4O5. The number of hydrogen-bond acceptors (Lipinski definition) is 7. The number of fused-ring (bicyclic) bond motifs is 1. The molecule has 0 unspecified atom stereocenters. The van der Waals surface area contributed by atoms with E-state index in [2.05, 4.69) is 15.4 Å². The number of carbonyl (C=O) groups is 1. The minimum absolute atomic E-state index is 0. The molecule has 5 rings (SSSR count). The molecule has 2 aromatic carbocycles. The molecule has 35 heavy (non-hydrogen) atoms. The molecule has 9 nitrogen and oxygen atoms in total. The summed E-state index contributed by atoms with van der Waals surface area (Å²) in [7, 11) is 1.55. The molecule has 184 valence electrons. The smallest absolute Gasteiger partial charge is 0.254 e. The van der Waals surface area contributed by atoms with Gasteiger partial charge in [-0.25, -0.2) is 4.39 Å². The van der Waals surface area contributed by atoms with Crippen LogP contribution >= 0.6 is 0 Å². The molecule has 2 aromatic heterocycles. The molecule has 1 atom stereocenters. The number of nitrogens with zero attached hydrogens (tertiary/aromatic N) is 3. The summed E-state index contributed by atoms with van der Waals surface area (Å²) in [6.45, 7) is 4.23. The van der Waals surface area contributed by atoms with Crippen LogP contribution in [0.1, 0.15) is 18.7 Å². The number of methoxy groups -OCH3 is 1. The van der Waals surface area contributed by atoms with E-state index in [0.717, 1.165) is 5.56 Å². The van der Waals surface area contributed by atoms with E-state index < -0.39 is 5.82 Å². The third-order valence-electron chi connectivity index (χ3n) is 5.96. The molecule has 1 aliphatic heterocycles. The van der Waals surface area contributed by atoms with Gasteiger partial charge >= 0.3 is 0 Å². The minimum atomic E-state index is -0.508. The number of carbonyl (C=O) groups excluding carboxylic acids is 1. The van der Waals surface area contributed by atoms with Crippen LogP contribution in [0.2, 0.25) is 0 Å². The maximum absolute atomic E-state index is 14.6. The molecule has 0 bridgehead atoms. The van der Waals surface area contributed by atoms with Gasteiger partial charge in [0.25, 0.3) is 5.91 Å². The second kappa shape index (κ2) is 9.85. The second-order valence-electron chi connectivity index (χ2n) is 8.32. The number of ether oxygens (including phenoxy) is 3. The van der Waals surface area contributed by atoms with Gasteiger partial charge in [0.15, 0.2) is 17.3 Å². The summed E-state index contributed by atoms with van der Waals surface area (Å²) in [6.07, 6.45) is 0. The van der Waals surface area contributed by atoms with Crippen LogP contribution in [-0.4, -0.2) is 72.3 Å². The quantitative estimate of drug-likeness (QED) is 0.395. The summed E-state index contributed by atoms with van der Waals surface area (Å²) in [4.78, 5) is 14.7. The number of aromatic nitrogens is 3. The lowest BCUT2D eigenvalue weighted by Crippen LogP contribution is -2.47. The monoisotopic (exact) mass is 482 g/mol. The molecule has 1 fully saturated rings. The number of H-pyrrole nitrogens is 1. The van der Waals surface area contributed by atoms with Crippen molar-refractivity contribution < 1.29 is 29.3 Å². The number of nitrogens with one attached hydrogen (secondary N) is 1. The average Bonchev–Trinajstić information content (AvgIpc) is 3.51. The molecule has 3 heterocycles. The number of halogens is 1. The van der Waals surface area contributed by atoms with Crippen LogP contribution in [0, 0.1) is 5.82 Å². The standard InChI is InChI=1S/C25H25FN4O5.H2/c1-15-14-33-8-7-30(15)25(31)17-5-3-16(4-6-17)20-12-23(35-29-20)24-18-11-19(26)22(34-10-9-32-2)13-21(18)27-28-24;/h3-6,11-13,15H,7-10,14H2,1-2H3,(H,27,28);1H/t15-;/m0./s1. The van der Waals surface area contributed by atoms with Crippen molar-refractivity contribution in [2.75, 3.05) is 40.1 Å². The van der Waals surface area contributed by atoms with Crippen LogP contribution in [0.5, 0.6) is 5.75 Å². The normalized spacial score (nSPS) is 16.1. The lowest BCUT2D eigenvalue weighted by molar-refractivity contribution is 0.00359. The van der Waals surface area contributed by atoms with Gasteiger partial charge in [0, 0.05) is 43.7 Å². The third-order valence-corrected chi connectivity index (χ3v) is 5.96. The Bertz CT molecular complexity index is 1340. The number of morpholine rings is 1. The van der Waals surface area contributed by atoms with E-state index >= 15 is 0 Å². The maximum atomic E-state index is 14.6. The van der Waals surface area contributed by atoms with Gasteiger partial charge < -0.3 is 23.6 Å². The first-order valence-electron chi connectivity index (χ1n) is 11.3. The van der Waals surface area contributed by atoms with E-state index in [4.69, 9.17) is 18.7 Å². The number of amides is 1. The maximum Gasteiger partial charge on any atom is 0.254 e. The zero-order chi connectivity index (χ0) is 24.4. The van der Waals surface area contributed by atoms with Gasteiger partial charge in [0.1, 0.15) is 18.0 Å². The first-order chi connectivity index (χ1) is 17.0. The number of benzene rings is 2. The molecule has 10 heteroatoms. The number of aromatic amines is 1. The topological polar surface area (TPSA) is 103 Å². The highest BCUT2D eigenvalue weighted by atomic mass is 19.1. The fourth-order valence-corrected chi connectivity index (χ4v) is 4.05. The lowest BCUT2D eigenvalue weighted by Gasteiger charge is -2.33. The average molecular weight is 483 g/mol. The number of rotatable bonds is 7. The van der Waals surface area contributed by atoms with Crippen molar-refractivity contribution >= 4 is 16.8 Å². The largest absolute Gasteiger partial charge is 0.488 e. The fraction of sp³-hybridized carbons (Fsp3) is 0.320. The van der Waals surface area contributed by atoms with Gasteiger partial charge in [0.2, 0.25) is 0 Å². The Kier molecular flexibility index (Phi) is 6.47. The van der Waals surface area contributed by atoms with Gasteiger partial charge in [-0.15, -0.1) is 0 Å². The van der Waals surface area contributed by atoms with Crippen LogP contribution in [0.4, 0.5) is 4.39 Å². The molecule has 0 radical (unpaired) electrons. The van der Waals surface area contributed by atoms with E-state index in [9.17, 15) is 9.18 Å². The molecule has 0 saturated carbocycles. The van der Waals surface area contributed by atoms with Crippen LogP contribution in [0.15, 0.2) is 47.0 Å². The summed E-state index contributed by atoms with van der Waals surface area (Å²) in [6, 6.07) is 11.9. The highest BCUT2D eigenvalue weighted by Gasteiger charge is 2.25. The molecular weight excluding hydrogens is 455 g/mol. The molecule has 1 aliphatic rings. The summed E-state index contributed by atoms with van der Waals surface area (Å²) in [5.41, 5.74) is 3.01. The zero-order valence-corrected chi connectivity index (χ0v) is 19.4. The van der Waals surface area contributed by atoms with Crippen LogP contribution in [0.25, 0.3) is 33.6 Å². The SMILES string of the molecule is COCCOc1cc2[nH]nc(-c3cc(-c4ccc(C(=O)N5CCOC[C@@H]5C)cc4)no3)c2cc1F.[HH]. The van der Waals surface area contributed by atoms with E-state index in [1.807, 2.05) is 24.0 Å². The van der Waals surface area contributed by atoms with Gasteiger partial charge in [0.05, 0.1) is 31.4 Å². The van der Waals surface area contributed by atoms with Crippen LogP contribution < -0.4 is 4.74 Å². The van der Waals surface area contributed by atoms with Gasteiger partial charge in [-0.3, -0.25) is 9.89 Å². The van der Waals surface area contributed by atoms with Crippen molar-refractivity contribution in [3.8, 4) is 28.5 Å². The Morgan fingerprint density at radius 3 is 2.86 bits per heavy atom. The number of hydrogen-bond donors (Lipinski definition) is 1. The summed E-state index contributed by atoms with van der Waals surface area (Å²) in [5, 5.41) is 11.9. The first-order valence-corrected chi connectivity index (χ1v) is 11.3. The molecule has 0 aliphatic carbocycles. The second-order valence-corrected chi connectivity index (χ2v) is 8.32. The van der Waals surface area contributed by atoms with Gasteiger partial charge in [-0.2, -0.15) is 5.10 Å². The van der Waals surface area contributed by atoms with E-state index in [1.54, 1.807) is 31.4 Å². The summed E-state index contributed by atoms with van der Waals surface area (Å²) < 4.78 is 35.8. The Balaban J connectivity index is 0.00000304. The lowest BCUT2D eigenvalue weighted by atomic mass is 10.1. The van der Waals surface area contributed by atoms with Gasteiger partial charge in [-0.05, 0) is 25.1 Å². The summed E-state index contributed by atoms with van der Waals surface area (Å²) >= 11 is 0. The first kappa shape index (κ1) is 23.0. The zero-order valence-electron chi connectivity index (χ0n) is 19.4. The van der Waals surface area contributed by atoms with Crippen LogP contribution in [-0.2, 0) is 9.47 Å². The molecule has 0 spiro atoms.